The first-order valence-electron chi connectivity index (χ1n) is 8.07. The van der Waals surface area contributed by atoms with Crippen LogP contribution in [0, 0.1) is 13.8 Å². The SMILES string of the molecule is Cc1nn(Cc2noc(C(=O)NCCNC(=O)c3cccs3)n2)c(C)c1Br. The molecule has 0 spiro atoms. The Balaban J connectivity index is 1.48. The monoisotopic (exact) mass is 452 g/mol. The number of hydrogen-bond acceptors (Lipinski definition) is 7. The van der Waals surface area contributed by atoms with Crippen molar-refractivity contribution in [3.8, 4) is 0 Å². The Labute approximate surface area is 167 Å². The zero-order valence-corrected chi connectivity index (χ0v) is 17.1. The van der Waals surface area contributed by atoms with E-state index in [4.69, 9.17) is 4.52 Å². The van der Waals surface area contributed by atoms with Gasteiger partial charge in [-0.2, -0.15) is 10.1 Å². The van der Waals surface area contributed by atoms with Crippen LogP contribution in [0.2, 0.25) is 0 Å². The molecule has 142 valence electrons. The molecule has 0 aliphatic heterocycles. The molecule has 2 amide bonds. The molecular formula is C16H17BrN6O3S. The molecule has 27 heavy (non-hydrogen) atoms. The highest BCUT2D eigenvalue weighted by Crippen LogP contribution is 2.20. The summed E-state index contributed by atoms with van der Waals surface area (Å²) >= 11 is 4.81. The predicted octanol–water partition coefficient (Wildman–Crippen LogP) is 1.92. The van der Waals surface area contributed by atoms with Gasteiger partial charge in [0.05, 0.1) is 20.7 Å². The average molecular weight is 453 g/mol. The third-order valence-electron chi connectivity index (χ3n) is 3.69. The van der Waals surface area contributed by atoms with Crippen LogP contribution in [0.1, 0.15) is 37.6 Å². The van der Waals surface area contributed by atoms with Crippen LogP contribution >= 0.6 is 27.3 Å². The molecule has 3 aromatic rings. The molecule has 11 heteroatoms. The third-order valence-corrected chi connectivity index (χ3v) is 5.70. The van der Waals surface area contributed by atoms with Crippen molar-refractivity contribution in [1.82, 2.24) is 30.6 Å². The first-order valence-corrected chi connectivity index (χ1v) is 9.75. The second-order valence-electron chi connectivity index (χ2n) is 5.65. The number of thiophene rings is 1. The molecule has 2 N–H and O–H groups in total. The van der Waals surface area contributed by atoms with E-state index >= 15 is 0 Å². The Morgan fingerprint density at radius 1 is 1.26 bits per heavy atom. The predicted molar refractivity (Wildman–Crippen MR) is 102 cm³/mol. The minimum absolute atomic E-state index is 0.129. The van der Waals surface area contributed by atoms with Crippen molar-refractivity contribution in [1.29, 1.82) is 0 Å². The Morgan fingerprint density at radius 3 is 2.63 bits per heavy atom. The normalized spacial score (nSPS) is 10.8. The summed E-state index contributed by atoms with van der Waals surface area (Å²) in [6.07, 6.45) is 0. The summed E-state index contributed by atoms with van der Waals surface area (Å²) in [6.45, 7) is 4.65. The van der Waals surface area contributed by atoms with Gasteiger partial charge in [-0.1, -0.05) is 11.2 Å². The number of hydrogen-bond donors (Lipinski definition) is 2. The maximum absolute atomic E-state index is 12.1. The summed E-state index contributed by atoms with van der Waals surface area (Å²) in [4.78, 5) is 28.6. The van der Waals surface area contributed by atoms with Crippen molar-refractivity contribution < 1.29 is 14.1 Å². The molecule has 0 aliphatic rings. The molecule has 9 nitrogen and oxygen atoms in total. The van der Waals surface area contributed by atoms with Gasteiger partial charge in [-0.3, -0.25) is 14.3 Å². The van der Waals surface area contributed by atoms with Crippen LogP contribution < -0.4 is 10.6 Å². The van der Waals surface area contributed by atoms with Crippen molar-refractivity contribution >= 4 is 39.1 Å². The highest BCUT2D eigenvalue weighted by Gasteiger charge is 2.17. The molecular weight excluding hydrogens is 436 g/mol. The number of carbonyl (C=O) groups is 2. The lowest BCUT2D eigenvalue weighted by Gasteiger charge is -2.04. The van der Waals surface area contributed by atoms with Crippen LogP contribution in [-0.2, 0) is 6.54 Å². The maximum atomic E-state index is 12.1. The average Bonchev–Trinajstić information content (AvgIpc) is 3.38. The fourth-order valence-corrected chi connectivity index (χ4v) is 3.22. The van der Waals surface area contributed by atoms with Crippen LogP contribution in [0.15, 0.2) is 26.5 Å². The van der Waals surface area contributed by atoms with Gasteiger partial charge in [0.1, 0.15) is 6.54 Å². The summed E-state index contributed by atoms with van der Waals surface area (Å²) in [5, 5.41) is 15.3. The Morgan fingerprint density at radius 2 is 2.00 bits per heavy atom. The van der Waals surface area contributed by atoms with Gasteiger partial charge in [0.25, 0.3) is 5.91 Å². The van der Waals surface area contributed by atoms with Gasteiger partial charge in [-0.05, 0) is 41.2 Å². The van der Waals surface area contributed by atoms with Crippen molar-refractivity contribution in [2.45, 2.75) is 20.4 Å². The van der Waals surface area contributed by atoms with E-state index in [9.17, 15) is 9.59 Å². The van der Waals surface area contributed by atoms with E-state index in [1.165, 1.54) is 11.3 Å². The summed E-state index contributed by atoms with van der Waals surface area (Å²) in [6, 6.07) is 3.54. The van der Waals surface area contributed by atoms with Crippen molar-refractivity contribution in [2.24, 2.45) is 0 Å². The van der Waals surface area contributed by atoms with E-state index in [0.29, 0.717) is 23.8 Å². The van der Waals surface area contributed by atoms with Gasteiger partial charge >= 0.3 is 11.8 Å². The molecule has 3 rings (SSSR count). The molecule has 3 aromatic heterocycles. The van der Waals surface area contributed by atoms with E-state index in [0.717, 1.165) is 15.9 Å². The van der Waals surface area contributed by atoms with Crippen LogP contribution in [0.25, 0.3) is 0 Å². The third kappa shape index (κ3) is 4.61. The van der Waals surface area contributed by atoms with Crippen molar-refractivity contribution in [2.75, 3.05) is 13.1 Å². The Bertz CT molecular complexity index is 950. The fourth-order valence-electron chi connectivity index (χ4n) is 2.30. The van der Waals surface area contributed by atoms with Gasteiger partial charge in [0, 0.05) is 13.1 Å². The molecule has 0 fully saturated rings. The van der Waals surface area contributed by atoms with Gasteiger partial charge in [-0.15, -0.1) is 11.3 Å². The van der Waals surface area contributed by atoms with Crippen molar-refractivity contribution in [3.63, 3.8) is 0 Å². The number of nitrogens with one attached hydrogen (secondary N) is 2. The number of rotatable bonds is 7. The fraction of sp³-hybridized carbons (Fsp3) is 0.312. The lowest BCUT2D eigenvalue weighted by molar-refractivity contribution is 0.0899. The largest absolute Gasteiger partial charge is 0.350 e. The highest BCUT2D eigenvalue weighted by molar-refractivity contribution is 9.10. The molecule has 0 saturated carbocycles. The molecule has 0 aliphatic carbocycles. The smallest absolute Gasteiger partial charge is 0.316 e. The maximum Gasteiger partial charge on any atom is 0.316 e. The van der Waals surface area contributed by atoms with Crippen molar-refractivity contribution in [3.05, 3.63) is 50.0 Å². The zero-order chi connectivity index (χ0) is 19.4. The molecule has 0 radical (unpaired) electrons. The molecule has 0 saturated heterocycles. The number of aromatic nitrogens is 4. The van der Waals surface area contributed by atoms with Gasteiger partial charge in [0.15, 0.2) is 5.82 Å². The second kappa shape index (κ2) is 8.44. The molecule has 0 aromatic carbocycles. The Hall–Kier alpha value is -2.53. The van der Waals surface area contributed by atoms with E-state index in [2.05, 4.69) is 41.8 Å². The van der Waals surface area contributed by atoms with Crippen LogP contribution in [-0.4, -0.2) is 44.8 Å². The molecule has 0 unspecified atom stereocenters. The van der Waals surface area contributed by atoms with Gasteiger partial charge in [0.2, 0.25) is 0 Å². The van der Waals surface area contributed by atoms with Crippen LogP contribution in [0.3, 0.4) is 0 Å². The van der Waals surface area contributed by atoms with E-state index < -0.39 is 5.91 Å². The molecule has 0 bridgehead atoms. The number of carbonyl (C=O) groups excluding carboxylic acids is 2. The highest BCUT2D eigenvalue weighted by atomic mass is 79.9. The summed E-state index contributed by atoms with van der Waals surface area (Å²) in [7, 11) is 0. The van der Waals surface area contributed by atoms with E-state index in [-0.39, 0.29) is 18.3 Å². The zero-order valence-electron chi connectivity index (χ0n) is 14.7. The summed E-state index contributed by atoms with van der Waals surface area (Å²) in [5.41, 5.74) is 1.79. The Kier molecular flexibility index (Phi) is 6.01. The molecule has 0 atom stereocenters. The minimum atomic E-state index is -0.492. The topological polar surface area (TPSA) is 115 Å². The van der Waals surface area contributed by atoms with E-state index in [1.54, 1.807) is 16.8 Å². The standard InChI is InChI=1S/C16H17BrN6O3S/c1-9-13(17)10(2)23(21-9)8-12-20-16(26-22-12)15(25)19-6-5-18-14(24)11-4-3-7-27-11/h3-4,7H,5-6,8H2,1-2H3,(H,18,24)(H,19,25). The summed E-state index contributed by atoms with van der Waals surface area (Å²) < 4.78 is 7.65. The van der Waals surface area contributed by atoms with Crippen LogP contribution in [0.4, 0.5) is 0 Å². The first kappa shape index (κ1) is 19.2. The minimum Gasteiger partial charge on any atom is -0.350 e. The summed E-state index contributed by atoms with van der Waals surface area (Å²) in [5.74, 6) is -0.441. The lowest BCUT2D eigenvalue weighted by atomic mass is 10.4. The molecule has 3 heterocycles. The number of halogens is 1. The van der Waals surface area contributed by atoms with Crippen LogP contribution in [0.5, 0.6) is 0 Å². The first-order chi connectivity index (χ1) is 13.0. The van der Waals surface area contributed by atoms with E-state index in [1.807, 2.05) is 19.2 Å². The quantitative estimate of drug-likeness (QED) is 0.529. The number of amides is 2. The van der Waals surface area contributed by atoms with Gasteiger partial charge in [-0.25, -0.2) is 0 Å². The lowest BCUT2D eigenvalue weighted by Crippen LogP contribution is -2.34. The number of aryl methyl sites for hydroxylation is 1. The number of nitrogens with zero attached hydrogens (tertiary/aromatic N) is 4. The second-order valence-corrected chi connectivity index (χ2v) is 7.39. The van der Waals surface area contributed by atoms with Gasteiger partial charge < -0.3 is 15.2 Å².